The molecule has 7 heteroatoms. The summed E-state index contributed by atoms with van der Waals surface area (Å²) in [6.45, 7) is 4.92. The Bertz CT molecular complexity index is 1060. The van der Waals surface area contributed by atoms with Crippen molar-refractivity contribution in [2.75, 3.05) is 18.5 Å². The van der Waals surface area contributed by atoms with Crippen molar-refractivity contribution in [3.05, 3.63) is 65.4 Å². The van der Waals surface area contributed by atoms with Crippen molar-refractivity contribution in [3.63, 3.8) is 0 Å². The van der Waals surface area contributed by atoms with E-state index >= 15 is 0 Å². The molecule has 2 N–H and O–H groups in total. The average Bonchev–Trinajstić information content (AvgIpc) is 3.35. The largest absolute Gasteiger partial charge is 0.460 e. The third-order valence-electron chi connectivity index (χ3n) is 5.35. The van der Waals surface area contributed by atoms with Gasteiger partial charge in [0.15, 0.2) is 0 Å². The Morgan fingerprint density at radius 1 is 1.20 bits per heavy atom. The van der Waals surface area contributed by atoms with Crippen molar-refractivity contribution >= 4 is 40.9 Å². The van der Waals surface area contributed by atoms with Crippen molar-refractivity contribution in [2.45, 2.75) is 32.2 Å². The Hall–Kier alpha value is -2.83. The number of hydrogen-bond acceptors (Lipinski definition) is 5. The number of carbonyl (C=O) groups is 2. The molecule has 2 atom stereocenters. The van der Waals surface area contributed by atoms with Crippen LogP contribution < -0.4 is 10.6 Å². The molecule has 158 valence electrons. The van der Waals surface area contributed by atoms with Gasteiger partial charge < -0.3 is 19.8 Å². The fourth-order valence-corrected chi connectivity index (χ4v) is 3.96. The summed E-state index contributed by atoms with van der Waals surface area (Å²) in [5.41, 5.74) is 3.64. The number of anilines is 1. The van der Waals surface area contributed by atoms with Gasteiger partial charge in [0.1, 0.15) is 5.58 Å². The zero-order valence-corrected chi connectivity index (χ0v) is 17.8. The average molecular weight is 429 g/mol. The van der Waals surface area contributed by atoms with E-state index in [1.54, 1.807) is 31.2 Å². The van der Waals surface area contributed by atoms with Gasteiger partial charge >= 0.3 is 5.97 Å². The highest BCUT2D eigenvalue weighted by molar-refractivity contribution is 5.98. The lowest BCUT2D eigenvalue weighted by molar-refractivity contribution is -0.118. The van der Waals surface area contributed by atoms with Crippen LogP contribution in [0.15, 0.2) is 52.9 Å². The van der Waals surface area contributed by atoms with Crippen LogP contribution in [0.1, 0.15) is 40.9 Å². The molecule has 0 aliphatic carbocycles. The first-order valence-electron chi connectivity index (χ1n) is 9.87. The molecule has 2 heterocycles. The van der Waals surface area contributed by atoms with Crippen LogP contribution in [-0.4, -0.2) is 31.1 Å². The van der Waals surface area contributed by atoms with Crippen molar-refractivity contribution < 1.29 is 18.7 Å². The molecule has 0 bridgehead atoms. The molecule has 1 aliphatic rings. The van der Waals surface area contributed by atoms with Crippen LogP contribution >= 0.6 is 12.4 Å². The zero-order chi connectivity index (χ0) is 20.4. The van der Waals surface area contributed by atoms with Crippen molar-refractivity contribution in [3.8, 4) is 0 Å². The van der Waals surface area contributed by atoms with E-state index in [1.165, 1.54) is 11.1 Å². The smallest absolute Gasteiger partial charge is 0.374 e. The quantitative estimate of drug-likeness (QED) is 0.588. The summed E-state index contributed by atoms with van der Waals surface area (Å²) in [6.07, 6.45) is 0.923. The molecule has 4 rings (SSSR count). The molecule has 0 unspecified atom stereocenters. The third kappa shape index (κ3) is 4.35. The minimum Gasteiger partial charge on any atom is -0.460 e. The first-order chi connectivity index (χ1) is 14.1. The van der Waals surface area contributed by atoms with Gasteiger partial charge in [-0.1, -0.05) is 24.3 Å². The van der Waals surface area contributed by atoms with Gasteiger partial charge in [-0.15, -0.1) is 12.4 Å². The van der Waals surface area contributed by atoms with Crippen molar-refractivity contribution in [1.82, 2.24) is 5.32 Å². The van der Waals surface area contributed by atoms with E-state index in [0.29, 0.717) is 11.3 Å². The second-order valence-electron chi connectivity index (χ2n) is 7.26. The molecular formula is C23H25ClN2O4. The van der Waals surface area contributed by atoms with E-state index in [0.717, 1.165) is 18.4 Å². The van der Waals surface area contributed by atoms with Gasteiger partial charge in [0.25, 0.3) is 0 Å². The second kappa shape index (κ2) is 9.32. The predicted molar refractivity (Wildman–Crippen MR) is 118 cm³/mol. The first kappa shape index (κ1) is 21.9. The summed E-state index contributed by atoms with van der Waals surface area (Å²) in [4.78, 5) is 24.8. The second-order valence-corrected chi connectivity index (χ2v) is 7.26. The number of fused-ring (bicyclic) bond motifs is 1. The number of amides is 1. The molecule has 0 spiro atoms. The lowest BCUT2D eigenvalue weighted by Crippen LogP contribution is -2.39. The summed E-state index contributed by atoms with van der Waals surface area (Å²) >= 11 is 0. The summed E-state index contributed by atoms with van der Waals surface area (Å²) in [7, 11) is 0. The zero-order valence-electron chi connectivity index (χ0n) is 16.9. The maximum absolute atomic E-state index is 13.0. The van der Waals surface area contributed by atoms with E-state index in [-0.39, 0.29) is 42.6 Å². The van der Waals surface area contributed by atoms with Crippen molar-refractivity contribution in [1.29, 1.82) is 0 Å². The summed E-state index contributed by atoms with van der Waals surface area (Å²) in [5.74, 6) is -0.263. The van der Waals surface area contributed by atoms with Gasteiger partial charge in [0, 0.05) is 17.0 Å². The SMILES string of the molecule is CCOC(=O)c1cc2cc(NC(=O)[C@H]3NCC[C@H]3c3ccccc3C)ccc2o1.Cl. The predicted octanol–water partition coefficient (Wildman–Crippen LogP) is 4.42. The van der Waals surface area contributed by atoms with Crippen LogP contribution in [0, 0.1) is 6.92 Å². The van der Waals surface area contributed by atoms with Crippen LogP contribution in [0.3, 0.4) is 0 Å². The molecule has 1 amide bonds. The van der Waals surface area contributed by atoms with Gasteiger partial charge in [-0.25, -0.2) is 4.79 Å². The number of benzene rings is 2. The molecular weight excluding hydrogens is 404 g/mol. The van der Waals surface area contributed by atoms with E-state index < -0.39 is 5.97 Å². The van der Waals surface area contributed by atoms with Gasteiger partial charge in [-0.05, 0) is 62.2 Å². The minimum atomic E-state index is -0.495. The lowest BCUT2D eigenvalue weighted by Gasteiger charge is -2.21. The van der Waals surface area contributed by atoms with Gasteiger partial charge in [0.05, 0.1) is 12.6 Å². The van der Waals surface area contributed by atoms with Crippen molar-refractivity contribution in [2.24, 2.45) is 0 Å². The van der Waals surface area contributed by atoms with Gasteiger partial charge in [-0.3, -0.25) is 4.79 Å². The van der Waals surface area contributed by atoms with Crippen LogP contribution in [0.5, 0.6) is 0 Å². The van der Waals surface area contributed by atoms with Gasteiger partial charge in [-0.2, -0.15) is 0 Å². The number of hydrogen-bond donors (Lipinski definition) is 2. The Kier molecular flexibility index (Phi) is 6.80. The Morgan fingerprint density at radius 3 is 2.77 bits per heavy atom. The van der Waals surface area contributed by atoms with Crippen LogP contribution in [0.25, 0.3) is 11.0 Å². The summed E-state index contributed by atoms with van der Waals surface area (Å²) in [6, 6.07) is 14.9. The number of aryl methyl sites for hydroxylation is 1. The maximum atomic E-state index is 13.0. The van der Waals surface area contributed by atoms with Gasteiger partial charge in [0.2, 0.25) is 11.7 Å². The van der Waals surface area contributed by atoms with Crippen LogP contribution in [0.2, 0.25) is 0 Å². The number of carbonyl (C=O) groups excluding carboxylic acids is 2. The molecule has 1 saturated heterocycles. The van der Waals surface area contributed by atoms with E-state index in [2.05, 4.69) is 29.7 Å². The minimum absolute atomic E-state index is 0. The maximum Gasteiger partial charge on any atom is 0.374 e. The highest BCUT2D eigenvalue weighted by Crippen LogP contribution is 2.31. The Balaban J connectivity index is 0.00000256. The van der Waals surface area contributed by atoms with Crippen LogP contribution in [0.4, 0.5) is 5.69 Å². The third-order valence-corrected chi connectivity index (χ3v) is 5.35. The highest BCUT2D eigenvalue weighted by Gasteiger charge is 2.34. The molecule has 1 aliphatic heterocycles. The Morgan fingerprint density at radius 2 is 2.00 bits per heavy atom. The Labute approximate surface area is 181 Å². The summed E-state index contributed by atoms with van der Waals surface area (Å²) < 4.78 is 10.5. The fourth-order valence-electron chi connectivity index (χ4n) is 3.96. The molecule has 0 saturated carbocycles. The number of nitrogens with one attached hydrogen (secondary N) is 2. The van der Waals surface area contributed by atoms with E-state index in [4.69, 9.17) is 9.15 Å². The van der Waals surface area contributed by atoms with Crippen LogP contribution in [-0.2, 0) is 9.53 Å². The number of ether oxygens (including phenoxy) is 1. The topological polar surface area (TPSA) is 80.6 Å². The molecule has 3 aromatic rings. The number of esters is 1. The molecule has 1 aromatic heterocycles. The molecule has 6 nitrogen and oxygen atoms in total. The highest BCUT2D eigenvalue weighted by atomic mass is 35.5. The summed E-state index contributed by atoms with van der Waals surface area (Å²) in [5, 5.41) is 7.07. The molecule has 2 aromatic carbocycles. The monoisotopic (exact) mass is 428 g/mol. The molecule has 0 radical (unpaired) electrons. The molecule has 1 fully saturated rings. The number of halogens is 1. The standard InChI is InChI=1S/C23H24N2O4.ClH/c1-3-28-23(27)20-13-15-12-16(8-9-19(15)29-20)25-22(26)21-18(10-11-24-21)17-7-5-4-6-14(17)2;/h4-9,12-13,18,21,24H,3,10-11H2,1-2H3,(H,25,26);1H/t18-,21-;/m0./s1. The fraction of sp³-hybridized carbons (Fsp3) is 0.304. The number of rotatable bonds is 5. The normalized spacial score (nSPS) is 18.1. The molecule has 30 heavy (non-hydrogen) atoms. The van der Waals surface area contributed by atoms with E-state index in [9.17, 15) is 9.59 Å². The first-order valence-corrected chi connectivity index (χ1v) is 9.87. The lowest BCUT2D eigenvalue weighted by atomic mass is 9.88. The number of furan rings is 1. The van der Waals surface area contributed by atoms with E-state index in [1.807, 2.05) is 12.1 Å².